The van der Waals surface area contributed by atoms with Crippen LogP contribution in [0.4, 0.5) is 22.4 Å². The van der Waals surface area contributed by atoms with E-state index in [9.17, 15) is 62.0 Å². The fourth-order valence-corrected chi connectivity index (χ4v) is 10.2. The van der Waals surface area contributed by atoms with E-state index in [4.69, 9.17) is 14.2 Å². The van der Waals surface area contributed by atoms with Gasteiger partial charge >= 0.3 is 24.2 Å². The molecule has 62 heavy (non-hydrogen) atoms. The van der Waals surface area contributed by atoms with Crippen molar-refractivity contribution in [2.24, 2.45) is 22.7 Å². The second-order valence-corrected chi connectivity index (χ2v) is 18.0. The molecule has 1 heterocycles. The molecule has 0 unspecified atom stereocenters. The van der Waals surface area contributed by atoms with Gasteiger partial charge in [-0.15, -0.1) is 0 Å². The predicted molar refractivity (Wildman–Crippen MR) is 207 cm³/mol. The van der Waals surface area contributed by atoms with Crippen molar-refractivity contribution in [1.82, 2.24) is 5.32 Å². The Morgan fingerprint density at radius 2 is 1.61 bits per heavy atom. The third-order valence-corrected chi connectivity index (χ3v) is 13.8. The van der Waals surface area contributed by atoms with Gasteiger partial charge in [-0.2, -0.15) is 13.2 Å². The number of hydrogen-bond donors (Lipinski definition) is 5. The SMILES string of the molecule is CC(=O)O[C@@]12CO[C@@H]1C[C@H](O)[C@@]1(C)C(=O)[C@H](O)C3=C(C)[C@@H](OC(=O)[C@H](O)[C@@H](NC(=O)OC(C)(C)C(F)(F)F)c4ccc(F)cc4)C[C@@](O)([C@@H](CC(=O)c4ccccc4)[C@H]21)C3(C)C. The van der Waals surface area contributed by atoms with Crippen molar-refractivity contribution in [3.63, 3.8) is 0 Å². The lowest BCUT2D eigenvalue weighted by atomic mass is 9.42. The number of benzene rings is 2. The lowest BCUT2D eigenvalue weighted by molar-refractivity contribution is -0.339. The van der Waals surface area contributed by atoms with Gasteiger partial charge in [0.1, 0.15) is 24.1 Å². The van der Waals surface area contributed by atoms with Crippen LogP contribution in [0, 0.1) is 28.5 Å². The Morgan fingerprint density at radius 3 is 2.16 bits per heavy atom. The Kier molecular flexibility index (Phi) is 12.1. The summed E-state index contributed by atoms with van der Waals surface area (Å²) in [5.41, 5.74) is -10.7. The Balaban J connectivity index is 1.47. The van der Waals surface area contributed by atoms with Crippen molar-refractivity contribution >= 4 is 29.6 Å². The molecule has 0 spiro atoms. The number of aliphatic hydroxyl groups is 4. The number of ether oxygens (including phenoxy) is 4. The largest absolute Gasteiger partial charge is 0.456 e. The van der Waals surface area contributed by atoms with Crippen LogP contribution in [0.25, 0.3) is 0 Å². The normalized spacial score (nSPS) is 32.7. The maximum absolute atomic E-state index is 15.0. The molecule has 5 N–H and O–H groups in total. The average Bonchev–Trinajstić information content (AvgIpc) is 3.18. The lowest BCUT2D eigenvalue weighted by Gasteiger charge is -2.68. The summed E-state index contributed by atoms with van der Waals surface area (Å²) in [5, 5.41) is 51.1. The summed E-state index contributed by atoms with van der Waals surface area (Å²) in [7, 11) is 0. The van der Waals surface area contributed by atoms with Gasteiger partial charge in [-0.25, -0.2) is 14.0 Å². The monoisotopic (exact) mass is 877 g/mol. The molecule has 0 radical (unpaired) electrons. The van der Waals surface area contributed by atoms with E-state index in [0.29, 0.717) is 13.8 Å². The number of ketones is 2. The fourth-order valence-electron chi connectivity index (χ4n) is 10.2. The number of esters is 2. The van der Waals surface area contributed by atoms with Gasteiger partial charge in [0.15, 0.2) is 23.3 Å². The molecule has 2 aromatic carbocycles. The van der Waals surface area contributed by atoms with Crippen molar-refractivity contribution in [2.75, 3.05) is 6.61 Å². The fraction of sp³-hybridized carbons (Fsp3) is 0.568. The van der Waals surface area contributed by atoms with Gasteiger partial charge < -0.3 is 44.7 Å². The van der Waals surface area contributed by atoms with Gasteiger partial charge in [-0.05, 0) is 56.5 Å². The molecule has 18 heteroatoms. The number of alkyl carbamates (subject to hydrolysis) is 1. The Bertz CT molecular complexity index is 2140. The van der Waals surface area contributed by atoms with Gasteiger partial charge in [0.2, 0.25) is 5.60 Å². The third kappa shape index (κ3) is 7.60. The van der Waals surface area contributed by atoms with Gasteiger partial charge in [0.25, 0.3) is 0 Å². The van der Waals surface area contributed by atoms with Crippen LogP contribution in [0.1, 0.15) is 89.7 Å². The number of halogens is 4. The van der Waals surface area contributed by atoms with Gasteiger partial charge in [0, 0.05) is 49.0 Å². The van der Waals surface area contributed by atoms with Crippen LogP contribution in [-0.4, -0.2) is 110 Å². The Labute approximate surface area is 354 Å². The van der Waals surface area contributed by atoms with Gasteiger partial charge in [-0.1, -0.05) is 56.3 Å². The number of nitrogens with one attached hydrogen (secondary N) is 1. The highest BCUT2D eigenvalue weighted by molar-refractivity contribution is 5.97. The molecule has 6 rings (SSSR count). The molecule has 2 aromatic rings. The lowest BCUT2D eigenvalue weighted by Crippen LogP contribution is -2.80. The van der Waals surface area contributed by atoms with E-state index in [1.807, 2.05) is 5.32 Å². The summed E-state index contributed by atoms with van der Waals surface area (Å²) in [4.78, 5) is 69.2. The van der Waals surface area contributed by atoms with Crippen LogP contribution in [-0.2, 0) is 33.3 Å². The molecule has 3 aliphatic carbocycles. The number of alkyl halides is 3. The molecule has 0 aromatic heterocycles. The standard InChI is InChI=1S/C44H51F4NO13/c1-21-28(60-37(56)34(54)32(24-13-15-25(45)16-14-24)49-38(57)62-40(5,6)44(46,47)48)19-43(58)26(17-27(51)23-11-9-8-10-12-23)35-41(7,36(55)33(53)31(21)39(43,3)4)29(52)18-30-42(35,20-59-30)61-22(2)50/h8-16,26,28-30,32-35,52-54,58H,17-20H2,1-7H3,(H,49,57)/t26-,28-,29-,30+,32-,33+,34+,35-,41+,42-,43+/m0/s1. The summed E-state index contributed by atoms with van der Waals surface area (Å²) in [6.45, 7) is 7.80. The molecule has 2 bridgehead atoms. The van der Waals surface area contributed by atoms with Crippen molar-refractivity contribution in [3.05, 3.63) is 82.7 Å². The van der Waals surface area contributed by atoms with Gasteiger partial charge in [0.05, 0.1) is 29.8 Å². The highest BCUT2D eigenvalue weighted by Crippen LogP contribution is 2.66. The van der Waals surface area contributed by atoms with E-state index in [2.05, 4.69) is 4.74 Å². The number of aliphatic hydroxyl groups excluding tert-OH is 3. The number of Topliss-reactive ketones (excluding diaryl/α,β-unsaturated/α-hetero) is 2. The minimum Gasteiger partial charge on any atom is -0.456 e. The molecule has 11 atom stereocenters. The van der Waals surface area contributed by atoms with Crippen molar-refractivity contribution in [1.29, 1.82) is 0 Å². The van der Waals surface area contributed by atoms with Crippen LogP contribution in [0.3, 0.4) is 0 Å². The first kappa shape index (κ1) is 46.7. The first-order valence-electron chi connectivity index (χ1n) is 20.1. The second-order valence-electron chi connectivity index (χ2n) is 18.0. The summed E-state index contributed by atoms with van der Waals surface area (Å²) in [5.74, 6) is -7.38. The van der Waals surface area contributed by atoms with Crippen molar-refractivity contribution < 1.29 is 80.9 Å². The number of carbonyl (C=O) groups excluding carboxylic acids is 5. The van der Waals surface area contributed by atoms with E-state index in [1.165, 1.54) is 39.8 Å². The minimum absolute atomic E-state index is 0.0405. The van der Waals surface area contributed by atoms with E-state index in [1.54, 1.807) is 18.2 Å². The second kappa shape index (κ2) is 16.1. The topological polar surface area (TPSA) is 215 Å². The van der Waals surface area contributed by atoms with Gasteiger partial charge in [-0.3, -0.25) is 14.4 Å². The average molecular weight is 878 g/mol. The summed E-state index contributed by atoms with van der Waals surface area (Å²) in [6, 6.07) is 9.98. The maximum atomic E-state index is 15.0. The molecule has 338 valence electrons. The van der Waals surface area contributed by atoms with E-state index in [0.717, 1.165) is 31.2 Å². The molecule has 3 fully saturated rings. The van der Waals surface area contributed by atoms with Crippen molar-refractivity contribution in [2.45, 2.75) is 127 Å². The van der Waals surface area contributed by atoms with E-state index >= 15 is 0 Å². The molecule has 14 nitrogen and oxygen atoms in total. The molecule has 1 aliphatic heterocycles. The molecule has 1 amide bonds. The summed E-state index contributed by atoms with van der Waals surface area (Å²) >= 11 is 0. The van der Waals surface area contributed by atoms with E-state index < -0.39 is 130 Å². The van der Waals surface area contributed by atoms with Crippen LogP contribution in [0.2, 0.25) is 0 Å². The van der Waals surface area contributed by atoms with Crippen LogP contribution < -0.4 is 5.32 Å². The molecule has 4 aliphatic rings. The molecular weight excluding hydrogens is 826 g/mol. The molecule has 2 saturated carbocycles. The summed E-state index contributed by atoms with van der Waals surface area (Å²) in [6.07, 6.45) is -16.7. The minimum atomic E-state index is -5.03. The first-order chi connectivity index (χ1) is 28.6. The van der Waals surface area contributed by atoms with Crippen molar-refractivity contribution in [3.8, 4) is 0 Å². The molecule has 1 saturated heterocycles. The third-order valence-electron chi connectivity index (χ3n) is 13.8. The quantitative estimate of drug-likeness (QED) is 0.0727. The number of rotatable bonds is 10. The van der Waals surface area contributed by atoms with Crippen LogP contribution >= 0.6 is 0 Å². The number of carbonyl (C=O) groups is 5. The number of amides is 1. The first-order valence-corrected chi connectivity index (χ1v) is 20.1. The van der Waals surface area contributed by atoms with E-state index in [-0.39, 0.29) is 35.3 Å². The predicted octanol–water partition coefficient (Wildman–Crippen LogP) is 4.60. The Hall–Kier alpha value is -4.75. The highest BCUT2D eigenvalue weighted by atomic mass is 19.4. The number of fused-ring (bicyclic) bond motifs is 5. The zero-order chi connectivity index (χ0) is 46.1. The Morgan fingerprint density at radius 1 is 1.00 bits per heavy atom. The number of hydrogen-bond acceptors (Lipinski definition) is 13. The zero-order valence-corrected chi connectivity index (χ0v) is 35.1. The molecular formula is C44H51F4NO13. The summed E-state index contributed by atoms with van der Waals surface area (Å²) < 4.78 is 77.1. The van der Waals surface area contributed by atoms with Crippen LogP contribution in [0.5, 0.6) is 0 Å². The maximum Gasteiger partial charge on any atom is 0.427 e. The van der Waals surface area contributed by atoms with Crippen LogP contribution in [0.15, 0.2) is 65.7 Å². The highest BCUT2D eigenvalue weighted by Gasteiger charge is 2.76. The smallest absolute Gasteiger partial charge is 0.427 e. The zero-order valence-electron chi connectivity index (χ0n) is 35.1.